The number of carbonyl (C=O) groups excluding carboxylic acids is 1. The summed E-state index contributed by atoms with van der Waals surface area (Å²) in [7, 11) is 0. The fraction of sp³-hybridized carbons (Fsp3) is 0.167. The highest BCUT2D eigenvalue weighted by molar-refractivity contribution is 5.87. The fourth-order valence-corrected chi connectivity index (χ4v) is 0.335. The highest BCUT2D eigenvalue weighted by Gasteiger charge is 2.00. The zero-order chi connectivity index (χ0) is 7.28. The topological polar surface area (TPSA) is 40.5 Å². The molecule has 0 aromatic carbocycles. The van der Waals surface area contributed by atoms with E-state index >= 15 is 0 Å². The van der Waals surface area contributed by atoms with Crippen LogP contribution in [0.4, 0.5) is 0 Å². The number of nitrogens with zero attached hydrogens (tertiary/aromatic N) is 1. The predicted molar refractivity (Wildman–Crippen MR) is 34.3 cm³/mol. The second-order valence-corrected chi connectivity index (χ2v) is 1.34. The molecule has 0 aliphatic rings. The van der Waals surface area contributed by atoms with Crippen LogP contribution >= 0.6 is 0 Å². The van der Waals surface area contributed by atoms with Crippen LogP contribution in [0.5, 0.6) is 0 Å². The summed E-state index contributed by atoms with van der Waals surface area (Å²) in [6.45, 7) is 6.17. The molecule has 0 aromatic heterocycles. The number of hydrogen-bond acceptors (Lipinski definition) is 2. The van der Waals surface area contributed by atoms with Gasteiger partial charge in [0.2, 0.25) is 0 Å². The number of amides is 1. The van der Waals surface area contributed by atoms with Gasteiger partial charge >= 0.3 is 0 Å². The molecule has 50 valence electrons. The van der Waals surface area contributed by atoms with Crippen LogP contribution in [-0.2, 0) is 4.79 Å². The van der Waals surface area contributed by atoms with Crippen molar-refractivity contribution in [1.29, 1.82) is 0 Å². The van der Waals surface area contributed by atoms with Gasteiger partial charge in [-0.3, -0.25) is 9.69 Å². The molecule has 0 aliphatic carbocycles. The summed E-state index contributed by atoms with van der Waals surface area (Å²) >= 11 is 0. The van der Waals surface area contributed by atoms with Crippen LogP contribution in [0.2, 0.25) is 0 Å². The third-order valence-corrected chi connectivity index (χ3v) is 0.830. The molecule has 9 heavy (non-hydrogen) atoms. The number of carbonyl (C=O) groups is 1. The molecule has 1 amide bonds. The quantitative estimate of drug-likeness (QED) is 0.431. The number of rotatable bonds is 3. The second-order valence-electron chi connectivity index (χ2n) is 1.34. The van der Waals surface area contributed by atoms with Crippen LogP contribution in [0.15, 0.2) is 25.4 Å². The van der Waals surface area contributed by atoms with Gasteiger partial charge in [0.1, 0.15) is 6.73 Å². The number of hydrogen-bond donors (Lipinski definition) is 1. The van der Waals surface area contributed by atoms with E-state index in [1.807, 2.05) is 0 Å². The molecule has 0 atom stereocenters. The van der Waals surface area contributed by atoms with Gasteiger partial charge in [-0.2, -0.15) is 0 Å². The Hall–Kier alpha value is -1.09. The Kier molecular flexibility index (Phi) is 3.39. The predicted octanol–water partition coefficient (Wildman–Crippen LogP) is 0.0943. The van der Waals surface area contributed by atoms with Gasteiger partial charge in [-0.05, 0) is 6.08 Å². The lowest BCUT2D eigenvalue weighted by Gasteiger charge is -2.10. The normalized spacial score (nSPS) is 8.11. The first-order valence-corrected chi connectivity index (χ1v) is 2.42. The van der Waals surface area contributed by atoms with Crippen molar-refractivity contribution < 1.29 is 9.90 Å². The molecule has 0 saturated carbocycles. The lowest BCUT2D eigenvalue weighted by atomic mass is 10.5. The van der Waals surface area contributed by atoms with Crippen molar-refractivity contribution in [1.82, 2.24) is 4.90 Å². The molecule has 0 radical (unpaired) electrons. The highest BCUT2D eigenvalue weighted by atomic mass is 16.3. The third kappa shape index (κ3) is 2.10. The molecular formula is C6H9NO2. The lowest BCUT2D eigenvalue weighted by molar-refractivity contribution is -0.126. The highest BCUT2D eigenvalue weighted by Crippen LogP contribution is 1.86. The first-order chi connectivity index (χ1) is 4.26. The summed E-state index contributed by atoms with van der Waals surface area (Å²) in [4.78, 5) is 11.6. The van der Waals surface area contributed by atoms with E-state index in [4.69, 9.17) is 5.11 Å². The van der Waals surface area contributed by atoms with Crippen molar-refractivity contribution >= 4 is 5.91 Å². The summed E-state index contributed by atoms with van der Waals surface area (Å²) in [5.41, 5.74) is 0. The van der Waals surface area contributed by atoms with Gasteiger partial charge in [0, 0.05) is 6.20 Å². The van der Waals surface area contributed by atoms with Crippen molar-refractivity contribution in [2.24, 2.45) is 0 Å². The Bertz CT molecular complexity index is 131. The SMILES string of the molecule is C=CC(=O)N(C=C)CO. The minimum atomic E-state index is -0.354. The molecule has 0 saturated heterocycles. The zero-order valence-corrected chi connectivity index (χ0v) is 5.08. The maximum atomic E-state index is 10.6. The Morgan fingerprint density at radius 2 is 2.22 bits per heavy atom. The van der Waals surface area contributed by atoms with Gasteiger partial charge in [0.25, 0.3) is 5.91 Å². The minimum absolute atomic E-state index is 0.353. The molecule has 0 heterocycles. The summed E-state index contributed by atoms with van der Waals surface area (Å²) in [6.07, 6.45) is 2.35. The molecule has 3 heteroatoms. The largest absolute Gasteiger partial charge is 0.376 e. The van der Waals surface area contributed by atoms with Crippen LogP contribution in [-0.4, -0.2) is 22.6 Å². The molecule has 0 rings (SSSR count). The van der Waals surface area contributed by atoms with E-state index in [1.165, 1.54) is 6.20 Å². The lowest BCUT2D eigenvalue weighted by Crippen LogP contribution is -2.23. The third-order valence-electron chi connectivity index (χ3n) is 0.830. The van der Waals surface area contributed by atoms with Crippen molar-refractivity contribution in [3.8, 4) is 0 Å². The molecule has 0 fully saturated rings. The maximum absolute atomic E-state index is 10.6. The number of aliphatic hydroxyl groups excluding tert-OH is 1. The summed E-state index contributed by atoms with van der Waals surface area (Å²) in [6, 6.07) is 0. The van der Waals surface area contributed by atoms with E-state index in [2.05, 4.69) is 13.2 Å². The minimum Gasteiger partial charge on any atom is -0.376 e. The molecule has 0 unspecified atom stereocenters. The smallest absolute Gasteiger partial charge is 0.251 e. The number of aliphatic hydroxyl groups is 1. The monoisotopic (exact) mass is 127 g/mol. The van der Waals surface area contributed by atoms with E-state index in [-0.39, 0.29) is 12.6 Å². The maximum Gasteiger partial charge on any atom is 0.251 e. The van der Waals surface area contributed by atoms with E-state index in [9.17, 15) is 4.79 Å². The molecule has 0 spiro atoms. The first-order valence-electron chi connectivity index (χ1n) is 2.42. The van der Waals surface area contributed by atoms with Crippen molar-refractivity contribution in [3.05, 3.63) is 25.4 Å². The van der Waals surface area contributed by atoms with Crippen LogP contribution in [0.1, 0.15) is 0 Å². The van der Waals surface area contributed by atoms with Gasteiger partial charge < -0.3 is 5.11 Å². The Balaban J connectivity index is 3.93. The van der Waals surface area contributed by atoms with Crippen molar-refractivity contribution in [2.45, 2.75) is 0 Å². The Labute approximate surface area is 53.9 Å². The van der Waals surface area contributed by atoms with E-state index < -0.39 is 0 Å². The molecule has 3 nitrogen and oxygen atoms in total. The summed E-state index contributed by atoms with van der Waals surface area (Å²) in [5.74, 6) is -0.354. The molecule has 0 aromatic rings. The van der Waals surface area contributed by atoms with Crippen LogP contribution in [0.25, 0.3) is 0 Å². The zero-order valence-electron chi connectivity index (χ0n) is 5.08. The van der Waals surface area contributed by atoms with Crippen molar-refractivity contribution in [2.75, 3.05) is 6.73 Å². The van der Waals surface area contributed by atoms with Gasteiger partial charge in [-0.25, -0.2) is 0 Å². The van der Waals surface area contributed by atoms with E-state index in [1.54, 1.807) is 0 Å². The summed E-state index contributed by atoms with van der Waals surface area (Å²) < 4.78 is 0. The Morgan fingerprint density at radius 1 is 1.67 bits per heavy atom. The Morgan fingerprint density at radius 3 is 2.33 bits per heavy atom. The average molecular weight is 127 g/mol. The van der Waals surface area contributed by atoms with Crippen molar-refractivity contribution in [3.63, 3.8) is 0 Å². The fourth-order valence-electron chi connectivity index (χ4n) is 0.335. The molecule has 0 bridgehead atoms. The second kappa shape index (κ2) is 3.86. The van der Waals surface area contributed by atoms with Gasteiger partial charge in [-0.1, -0.05) is 13.2 Å². The van der Waals surface area contributed by atoms with Gasteiger partial charge in [-0.15, -0.1) is 0 Å². The van der Waals surface area contributed by atoms with E-state index in [0.717, 1.165) is 11.0 Å². The molecular weight excluding hydrogens is 118 g/mol. The molecule has 0 aliphatic heterocycles. The molecule has 1 N–H and O–H groups in total. The van der Waals surface area contributed by atoms with Gasteiger partial charge in [0.05, 0.1) is 0 Å². The van der Waals surface area contributed by atoms with Crippen LogP contribution in [0.3, 0.4) is 0 Å². The first kappa shape index (κ1) is 7.91. The van der Waals surface area contributed by atoms with Crippen LogP contribution < -0.4 is 0 Å². The standard InChI is InChI=1S/C6H9NO2/c1-3-6(9)7(4-2)5-8/h3-4,8H,1-2,5H2. The van der Waals surface area contributed by atoms with E-state index in [0.29, 0.717) is 0 Å². The average Bonchev–Trinajstić information content (AvgIpc) is 1.90. The summed E-state index contributed by atoms with van der Waals surface area (Å²) in [5, 5.41) is 8.41. The van der Waals surface area contributed by atoms with Gasteiger partial charge in [0.15, 0.2) is 0 Å². The van der Waals surface area contributed by atoms with Crippen LogP contribution in [0, 0.1) is 0 Å².